The molecule has 0 unspecified atom stereocenters. The maximum absolute atomic E-state index is 15.4. The molecule has 4 rings (SSSR count). The molecule has 2 aliphatic heterocycles. The molecule has 25 heteroatoms. The highest BCUT2D eigenvalue weighted by atomic mass is 16.3. The molecule has 11 atom stereocenters. The van der Waals surface area contributed by atoms with Gasteiger partial charge in [-0.2, -0.15) is 0 Å². The highest BCUT2D eigenvalue weighted by Crippen LogP contribution is 2.24. The number of amides is 12. The molecule has 0 radical (unpaired) electrons. The van der Waals surface area contributed by atoms with Gasteiger partial charge in [0.2, 0.25) is 70.9 Å². The Morgan fingerprint density at radius 3 is 1.44 bits per heavy atom. The second-order valence-electron chi connectivity index (χ2n) is 28.3. The average Bonchev–Trinajstić information content (AvgIpc) is 0.826. The molecule has 0 spiro atoms. The van der Waals surface area contributed by atoms with Crippen LogP contribution in [0.4, 0.5) is 0 Å². The van der Waals surface area contributed by atoms with E-state index in [4.69, 9.17) is 0 Å². The zero-order chi connectivity index (χ0) is 72.9. The van der Waals surface area contributed by atoms with E-state index in [2.05, 4.69) is 21.3 Å². The molecule has 540 valence electrons. The number of likely N-dealkylation sites (N-methyl/N-ethyl adjacent to an activating group) is 7. The Labute approximate surface area is 575 Å². The topological polar surface area (TPSA) is 299 Å². The molecular formula is C72H114N12O13. The minimum atomic E-state index is -1.64. The third-order valence-corrected chi connectivity index (χ3v) is 18.8. The van der Waals surface area contributed by atoms with Gasteiger partial charge in [-0.05, 0) is 93.6 Å². The van der Waals surface area contributed by atoms with Gasteiger partial charge in [-0.15, -0.1) is 0 Å². The van der Waals surface area contributed by atoms with Crippen molar-refractivity contribution in [2.45, 2.75) is 220 Å². The molecule has 0 aromatic heterocycles. The molecule has 25 nitrogen and oxygen atoms in total. The predicted octanol–water partition coefficient (Wildman–Crippen LogP) is 3.63. The Morgan fingerprint density at radius 2 is 0.928 bits per heavy atom. The number of rotatable bonds is 16. The summed E-state index contributed by atoms with van der Waals surface area (Å²) in [5.41, 5.74) is 1.32. The molecule has 2 aromatic carbocycles. The number of hydrogen-bond donors (Lipinski definition) is 5. The monoisotopic (exact) mass is 1350 g/mol. The average molecular weight is 1360 g/mol. The molecule has 2 heterocycles. The molecule has 0 bridgehead atoms. The molecule has 5 N–H and O–H groups in total. The summed E-state index contributed by atoms with van der Waals surface area (Å²) in [6, 6.07) is 4.59. The van der Waals surface area contributed by atoms with Gasteiger partial charge in [-0.25, -0.2) is 0 Å². The summed E-state index contributed by atoms with van der Waals surface area (Å²) < 4.78 is 0. The van der Waals surface area contributed by atoms with E-state index in [0.717, 1.165) is 21.1 Å². The van der Waals surface area contributed by atoms with Crippen molar-refractivity contribution in [2.24, 2.45) is 23.7 Å². The van der Waals surface area contributed by atoms with Gasteiger partial charge in [0.15, 0.2) is 0 Å². The second kappa shape index (κ2) is 38.3. The number of nitrogens with one attached hydrogen (secondary N) is 4. The number of unbranched alkanes of at least 4 members (excludes halogenated alkanes) is 1. The first-order valence-electron chi connectivity index (χ1n) is 34.6. The lowest BCUT2D eigenvalue weighted by Crippen LogP contribution is -2.62. The van der Waals surface area contributed by atoms with E-state index in [1.165, 1.54) is 82.8 Å². The van der Waals surface area contributed by atoms with Crippen LogP contribution in [-0.2, 0) is 70.4 Å². The Morgan fingerprint density at radius 1 is 0.485 bits per heavy atom. The van der Waals surface area contributed by atoms with Crippen LogP contribution in [0.1, 0.15) is 151 Å². The lowest BCUT2D eigenvalue weighted by atomic mass is 9.96. The van der Waals surface area contributed by atoms with Gasteiger partial charge in [0.05, 0.1) is 19.1 Å². The molecule has 12 amide bonds. The first kappa shape index (κ1) is 81.5. The van der Waals surface area contributed by atoms with Gasteiger partial charge < -0.3 is 65.6 Å². The summed E-state index contributed by atoms with van der Waals surface area (Å²) in [4.78, 5) is 188. The number of aliphatic hydroxyl groups excluding tert-OH is 1. The fraction of sp³-hybridized carbons (Fsp3) is 0.667. The molecule has 2 aromatic rings. The van der Waals surface area contributed by atoms with Crippen LogP contribution in [0.25, 0.3) is 0 Å². The Hall–Kier alpha value is -7.96. The predicted molar refractivity (Wildman–Crippen MR) is 370 cm³/mol. The first-order valence-corrected chi connectivity index (χ1v) is 34.6. The highest BCUT2D eigenvalue weighted by molar-refractivity contribution is 6.00. The zero-order valence-electron chi connectivity index (χ0n) is 61.0. The normalized spacial score (nSPS) is 25.5. The first-order chi connectivity index (χ1) is 45.5. The van der Waals surface area contributed by atoms with Crippen molar-refractivity contribution in [1.29, 1.82) is 0 Å². The van der Waals surface area contributed by atoms with Crippen LogP contribution >= 0.6 is 0 Å². The minimum Gasteiger partial charge on any atom is -0.390 e. The Kier molecular flexibility index (Phi) is 32.1. The molecule has 2 aliphatic rings. The van der Waals surface area contributed by atoms with Crippen LogP contribution in [0.5, 0.6) is 0 Å². The fourth-order valence-corrected chi connectivity index (χ4v) is 12.4. The van der Waals surface area contributed by atoms with Gasteiger partial charge in [0.1, 0.15) is 60.4 Å². The summed E-state index contributed by atoms with van der Waals surface area (Å²) >= 11 is 0. The lowest BCUT2D eigenvalue weighted by Gasteiger charge is -2.38. The van der Waals surface area contributed by atoms with E-state index in [9.17, 15) is 48.3 Å². The highest BCUT2D eigenvalue weighted by Gasteiger charge is 2.44. The van der Waals surface area contributed by atoms with Crippen LogP contribution < -0.4 is 21.3 Å². The summed E-state index contributed by atoms with van der Waals surface area (Å²) in [6.45, 7) is 19.4. The van der Waals surface area contributed by atoms with E-state index in [0.29, 0.717) is 49.9 Å². The van der Waals surface area contributed by atoms with E-state index in [1.807, 2.05) is 48.5 Å². The summed E-state index contributed by atoms with van der Waals surface area (Å²) in [5, 5.41) is 23.0. The lowest BCUT2D eigenvalue weighted by molar-refractivity contribution is -0.151. The van der Waals surface area contributed by atoms with Crippen molar-refractivity contribution in [3.05, 3.63) is 71.8 Å². The smallest absolute Gasteiger partial charge is 0.248 e. The van der Waals surface area contributed by atoms with Crippen molar-refractivity contribution in [2.75, 3.05) is 69.0 Å². The largest absolute Gasteiger partial charge is 0.390 e. The van der Waals surface area contributed by atoms with Gasteiger partial charge in [-0.3, -0.25) is 57.5 Å². The van der Waals surface area contributed by atoms with E-state index in [1.54, 1.807) is 79.4 Å². The van der Waals surface area contributed by atoms with Crippen molar-refractivity contribution >= 4 is 70.9 Å². The van der Waals surface area contributed by atoms with Gasteiger partial charge in [-0.1, -0.05) is 136 Å². The van der Waals surface area contributed by atoms with Gasteiger partial charge in [0, 0.05) is 75.3 Å². The zero-order valence-corrected chi connectivity index (χ0v) is 61.0. The molecule has 0 saturated carbocycles. The van der Waals surface area contributed by atoms with E-state index < -0.39 is 156 Å². The number of benzene rings is 2. The molecule has 0 aliphatic carbocycles. The van der Waals surface area contributed by atoms with E-state index in [-0.39, 0.29) is 56.3 Å². The fourth-order valence-electron chi connectivity index (χ4n) is 12.4. The van der Waals surface area contributed by atoms with Gasteiger partial charge in [0.25, 0.3) is 0 Å². The maximum Gasteiger partial charge on any atom is 0.248 e. The number of carbonyl (C=O) groups is 12. The van der Waals surface area contributed by atoms with E-state index >= 15 is 14.4 Å². The molecule has 2 saturated heterocycles. The number of hydrogen-bond acceptors (Lipinski definition) is 13. The van der Waals surface area contributed by atoms with Crippen LogP contribution in [0.2, 0.25) is 0 Å². The van der Waals surface area contributed by atoms with Crippen LogP contribution in [0.3, 0.4) is 0 Å². The number of aliphatic hydroxyl groups is 1. The standard InChI is InChI=1S/C72H114N12O13/c1-19-20-34-58(85)62-71(96)77(12)43-60(87)79(14)53(37-44(2)3)65(90)74-52(68(93)84-35-28-23-29-36-84)42-59(86)78(13)49(11)63(88)75-61(47(8)9)72(97)83(18)56(39-46(6)7)69(94)81(16)55(40-50-30-24-21-25-31-50)64(89)73-48(10)67(92)82(17)57(41-51-32-26-22-27-33-51)70(95)80(15)54(38-45(4)5)66(91)76-62/h21-22,24-27,30-33,44-49,52-58,61-62,85H,19-20,23,28-29,34-43H2,1-18H3,(H,73,89)(H,74,90)(H,75,88)(H,76,91)/t48-,49-,52-,53-,54-,55-,56-,57-,58+,61-,62-/m0/s1. The third-order valence-electron chi connectivity index (χ3n) is 18.8. The number of likely N-dealkylation sites (tertiary alicyclic amines) is 1. The summed E-state index contributed by atoms with van der Waals surface area (Å²) in [7, 11) is 9.79. The van der Waals surface area contributed by atoms with Crippen LogP contribution in [0.15, 0.2) is 60.7 Å². The Balaban J connectivity index is 1.94. The van der Waals surface area contributed by atoms with Crippen molar-refractivity contribution in [3.8, 4) is 0 Å². The number of nitrogens with zero attached hydrogens (tertiary/aromatic N) is 8. The third kappa shape index (κ3) is 23.1. The number of piperidine rings is 1. The van der Waals surface area contributed by atoms with Crippen molar-refractivity contribution in [3.63, 3.8) is 0 Å². The van der Waals surface area contributed by atoms with Crippen LogP contribution in [0, 0.1) is 23.7 Å². The minimum absolute atomic E-state index is 0.0300. The van der Waals surface area contributed by atoms with Gasteiger partial charge >= 0.3 is 0 Å². The number of carbonyl (C=O) groups excluding carboxylic acids is 12. The maximum atomic E-state index is 15.4. The molecular weight excluding hydrogens is 1240 g/mol. The summed E-state index contributed by atoms with van der Waals surface area (Å²) in [6.07, 6.45) is 1.47. The van der Waals surface area contributed by atoms with Crippen LogP contribution in [-0.4, -0.2) is 251 Å². The molecule has 2 fully saturated rings. The second-order valence-corrected chi connectivity index (χ2v) is 28.3. The SMILES string of the molecule is CCCC[C@@H](O)[C@@H]1NC(=O)[C@H](CC(C)C)N(C)C(=O)[C@H](Cc2ccccc2)N(C)C(=O)[C@H](C)NC(=O)[C@H](Cc2ccccc2)N(C)C(=O)[C@H](CC(C)C)N(C)C(=O)[C@H](C(C)C)NC(=O)[C@H](C)N(C)C(=O)C[C@@H](C(=O)N2CCCCC2)NC(=O)[C@H](CC(C)C)N(C)C(=O)CN(C)C1=O. The van der Waals surface area contributed by atoms with Crippen molar-refractivity contribution in [1.82, 2.24) is 60.5 Å². The van der Waals surface area contributed by atoms with Crippen molar-refractivity contribution < 1.29 is 62.6 Å². The quantitative estimate of drug-likeness (QED) is 0.161. The summed E-state index contributed by atoms with van der Waals surface area (Å²) in [5.74, 6) is -9.69. The Bertz CT molecular complexity index is 3000. The molecule has 97 heavy (non-hydrogen) atoms.